The number of ether oxygens (including phenoxy) is 1. The van der Waals surface area contributed by atoms with Gasteiger partial charge in [-0.3, -0.25) is 0 Å². The molecule has 5 rings (SSSR count). The van der Waals surface area contributed by atoms with Crippen LogP contribution in [0.1, 0.15) is 43.3 Å². The van der Waals surface area contributed by atoms with Gasteiger partial charge in [-0.15, -0.1) is 10.2 Å². The van der Waals surface area contributed by atoms with E-state index in [9.17, 15) is 0 Å². The van der Waals surface area contributed by atoms with Crippen LogP contribution in [0.25, 0.3) is 21.1 Å². The Hall–Kier alpha value is -3.23. The van der Waals surface area contributed by atoms with Crippen molar-refractivity contribution in [3.8, 4) is 26.9 Å². The van der Waals surface area contributed by atoms with Gasteiger partial charge in [0.1, 0.15) is 21.6 Å². The van der Waals surface area contributed by atoms with Crippen LogP contribution in [0.5, 0.6) is 5.75 Å². The van der Waals surface area contributed by atoms with Gasteiger partial charge in [-0.25, -0.2) is 4.98 Å². The largest absolute Gasteiger partial charge is 0.489 e. The molecule has 2 heterocycles. The number of anilines is 1. The first-order valence-corrected chi connectivity index (χ1v) is 11.6. The lowest BCUT2D eigenvalue weighted by molar-refractivity contribution is 0.244. The summed E-state index contributed by atoms with van der Waals surface area (Å²) in [5.74, 6) is 1.65. The Morgan fingerprint density at radius 1 is 1.22 bits per heavy atom. The van der Waals surface area contributed by atoms with E-state index in [0.29, 0.717) is 17.5 Å². The molecule has 7 nitrogen and oxygen atoms in total. The van der Waals surface area contributed by atoms with Crippen molar-refractivity contribution in [1.82, 2.24) is 25.5 Å². The van der Waals surface area contributed by atoms with E-state index in [0.717, 1.165) is 40.8 Å². The summed E-state index contributed by atoms with van der Waals surface area (Å²) in [4.78, 5) is 7.45. The van der Waals surface area contributed by atoms with Crippen LogP contribution >= 0.6 is 11.3 Å². The van der Waals surface area contributed by atoms with E-state index >= 15 is 0 Å². The zero-order chi connectivity index (χ0) is 22.1. The number of nitrogen functional groups attached to an aromatic ring is 1. The van der Waals surface area contributed by atoms with Crippen molar-refractivity contribution in [3.63, 3.8) is 0 Å². The Bertz CT molecular complexity index is 1220. The van der Waals surface area contributed by atoms with Crippen molar-refractivity contribution in [2.45, 2.75) is 45.4 Å². The number of benzene rings is 2. The number of nitrogens with two attached hydrogens (primary N) is 1. The number of aromatic amines is 1. The molecular formula is C24H26N6OS. The minimum atomic E-state index is 0.0776. The number of hydrogen-bond donors (Lipinski definition) is 3. The Balaban J connectivity index is 1.38. The van der Waals surface area contributed by atoms with Crippen LogP contribution in [-0.2, 0) is 13.0 Å². The molecule has 1 aliphatic carbocycles. The quantitative estimate of drug-likeness (QED) is 0.354. The second-order valence-electron chi connectivity index (χ2n) is 8.21. The van der Waals surface area contributed by atoms with Gasteiger partial charge in [0.15, 0.2) is 0 Å². The molecule has 0 radical (unpaired) electrons. The summed E-state index contributed by atoms with van der Waals surface area (Å²) in [6.07, 6.45) is 5.79. The molecule has 0 saturated heterocycles. The second kappa shape index (κ2) is 8.72. The molecule has 0 unspecified atom stereocenters. The van der Waals surface area contributed by atoms with Gasteiger partial charge in [-0.2, -0.15) is 0 Å². The predicted molar refractivity (Wildman–Crippen MR) is 127 cm³/mol. The molecule has 0 aliphatic heterocycles. The van der Waals surface area contributed by atoms with Gasteiger partial charge in [0.05, 0.1) is 18.3 Å². The first-order chi connectivity index (χ1) is 15.6. The van der Waals surface area contributed by atoms with Gasteiger partial charge < -0.3 is 20.8 Å². The summed E-state index contributed by atoms with van der Waals surface area (Å²) < 4.78 is 5.74. The third-order valence-corrected chi connectivity index (χ3v) is 6.62. The molecule has 32 heavy (non-hydrogen) atoms. The Labute approximate surface area is 191 Å². The molecular weight excluding hydrogens is 420 g/mol. The summed E-state index contributed by atoms with van der Waals surface area (Å²) in [6, 6.07) is 12.6. The molecule has 0 fully saturated rings. The molecule has 0 bridgehead atoms. The van der Waals surface area contributed by atoms with Gasteiger partial charge in [-0.1, -0.05) is 29.5 Å². The van der Waals surface area contributed by atoms with E-state index in [1.165, 1.54) is 16.7 Å². The fourth-order valence-corrected chi connectivity index (χ4v) is 5.07. The molecule has 0 saturated carbocycles. The minimum absolute atomic E-state index is 0.0776. The van der Waals surface area contributed by atoms with E-state index in [4.69, 9.17) is 10.5 Å². The maximum absolute atomic E-state index is 6.20. The lowest BCUT2D eigenvalue weighted by Crippen LogP contribution is -2.19. The number of fused-ring (bicyclic) bond motifs is 1. The van der Waals surface area contributed by atoms with Gasteiger partial charge >= 0.3 is 0 Å². The lowest BCUT2D eigenvalue weighted by Gasteiger charge is -2.13. The van der Waals surface area contributed by atoms with Crippen LogP contribution in [0.15, 0.2) is 48.8 Å². The third kappa shape index (κ3) is 4.11. The number of rotatable bonds is 7. The van der Waals surface area contributed by atoms with Crippen molar-refractivity contribution in [2.24, 2.45) is 0 Å². The highest BCUT2D eigenvalue weighted by Crippen LogP contribution is 2.40. The molecule has 164 valence electrons. The summed E-state index contributed by atoms with van der Waals surface area (Å²) in [6.45, 7) is 4.70. The number of hydrogen-bond acceptors (Lipinski definition) is 7. The normalized spacial score (nSPS) is 15.3. The standard InChI is InChI=1S/C24H26N6OS/c1-14(2)31-21-9-6-15(12-19(21)25)23-29-30-24(32-23)18-5-3-4-17-16(18)7-8-20(17)28-13-22-26-10-11-27-22/h3-6,9-12,14,20,28H,7-8,13,25H2,1-2H3,(H,26,27)/t20-/m0/s1. The van der Waals surface area contributed by atoms with Crippen LogP contribution in [0.4, 0.5) is 5.69 Å². The number of aromatic nitrogens is 4. The van der Waals surface area contributed by atoms with Crippen LogP contribution in [-0.4, -0.2) is 26.3 Å². The van der Waals surface area contributed by atoms with E-state index in [1.54, 1.807) is 17.5 Å². The second-order valence-corrected chi connectivity index (χ2v) is 9.19. The number of nitrogens with one attached hydrogen (secondary N) is 2. The summed E-state index contributed by atoms with van der Waals surface area (Å²) in [5.41, 5.74) is 11.6. The highest BCUT2D eigenvalue weighted by molar-refractivity contribution is 7.17. The fraction of sp³-hybridized carbons (Fsp3) is 0.292. The van der Waals surface area contributed by atoms with E-state index in [1.807, 2.05) is 38.2 Å². The Morgan fingerprint density at radius 2 is 2.09 bits per heavy atom. The van der Waals surface area contributed by atoms with Gasteiger partial charge in [0.2, 0.25) is 0 Å². The number of nitrogens with zero attached hydrogens (tertiary/aromatic N) is 3. The SMILES string of the molecule is CC(C)Oc1ccc(-c2nnc(-c3cccc4c3CC[C@@H]4NCc3ncc[nH]3)s2)cc1N. The summed E-state index contributed by atoms with van der Waals surface area (Å²) in [7, 11) is 0. The molecule has 4 aromatic rings. The molecule has 1 aliphatic rings. The van der Waals surface area contributed by atoms with E-state index < -0.39 is 0 Å². The predicted octanol–water partition coefficient (Wildman–Crippen LogP) is 4.74. The zero-order valence-electron chi connectivity index (χ0n) is 18.1. The maximum Gasteiger partial charge on any atom is 0.148 e. The van der Waals surface area contributed by atoms with Crippen LogP contribution in [0, 0.1) is 0 Å². The van der Waals surface area contributed by atoms with E-state index in [2.05, 4.69) is 43.7 Å². The number of H-pyrrole nitrogens is 1. The molecule has 0 amide bonds. The van der Waals surface area contributed by atoms with E-state index in [-0.39, 0.29) is 6.10 Å². The molecule has 4 N–H and O–H groups in total. The molecule has 1 atom stereocenters. The van der Waals surface area contributed by atoms with Crippen molar-refractivity contribution in [1.29, 1.82) is 0 Å². The van der Waals surface area contributed by atoms with Crippen LogP contribution < -0.4 is 15.8 Å². The molecule has 2 aromatic heterocycles. The third-order valence-electron chi connectivity index (χ3n) is 5.62. The first-order valence-electron chi connectivity index (χ1n) is 10.8. The monoisotopic (exact) mass is 446 g/mol. The Morgan fingerprint density at radius 3 is 2.88 bits per heavy atom. The maximum atomic E-state index is 6.20. The van der Waals surface area contributed by atoms with Gasteiger partial charge in [0.25, 0.3) is 0 Å². The lowest BCUT2D eigenvalue weighted by atomic mass is 10.0. The summed E-state index contributed by atoms with van der Waals surface area (Å²) >= 11 is 1.59. The average Bonchev–Trinajstić information content (AvgIpc) is 3.54. The van der Waals surface area contributed by atoms with Crippen LogP contribution in [0.2, 0.25) is 0 Å². The zero-order valence-corrected chi connectivity index (χ0v) is 18.9. The smallest absolute Gasteiger partial charge is 0.148 e. The van der Waals surface area contributed by atoms with Crippen molar-refractivity contribution < 1.29 is 4.74 Å². The first kappa shape index (κ1) is 20.7. The highest BCUT2D eigenvalue weighted by atomic mass is 32.1. The average molecular weight is 447 g/mol. The van der Waals surface area contributed by atoms with Gasteiger partial charge in [-0.05, 0) is 56.0 Å². The topological polar surface area (TPSA) is 102 Å². The van der Waals surface area contributed by atoms with Gasteiger partial charge in [0, 0.05) is 29.6 Å². The Kier molecular flexibility index (Phi) is 5.63. The van der Waals surface area contributed by atoms with Crippen molar-refractivity contribution in [2.75, 3.05) is 5.73 Å². The summed E-state index contributed by atoms with van der Waals surface area (Å²) in [5, 5.41) is 14.4. The highest BCUT2D eigenvalue weighted by Gasteiger charge is 2.26. The fourth-order valence-electron chi connectivity index (χ4n) is 4.17. The van der Waals surface area contributed by atoms with Crippen LogP contribution in [0.3, 0.4) is 0 Å². The van der Waals surface area contributed by atoms with Crippen molar-refractivity contribution >= 4 is 17.0 Å². The molecule has 0 spiro atoms. The molecule has 8 heteroatoms. The number of imidazole rings is 1. The molecule has 2 aromatic carbocycles. The van der Waals surface area contributed by atoms with Crippen molar-refractivity contribution in [3.05, 3.63) is 65.7 Å². The minimum Gasteiger partial charge on any atom is -0.489 e.